The molecule has 0 saturated heterocycles. The number of anilines is 1. The number of thioether (sulfide) groups is 1. The highest BCUT2D eigenvalue weighted by Crippen LogP contribution is 2.27. The van der Waals surface area contributed by atoms with E-state index in [1.165, 1.54) is 11.3 Å². The molecular formula is C13H14BrN3OS2. The molecule has 2 rings (SSSR count). The maximum atomic E-state index is 11.8. The van der Waals surface area contributed by atoms with Gasteiger partial charge in [0.2, 0.25) is 11.0 Å². The highest BCUT2D eigenvalue weighted by Gasteiger charge is 2.08. The van der Waals surface area contributed by atoms with Gasteiger partial charge in [-0.2, -0.15) is 0 Å². The predicted molar refractivity (Wildman–Crippen MR) is 87.4 cm³/mol. The van der Waals surface area contributed by atoms with Crippen LogP contribution in [0.3, 0.4) is 0 Å². The number of carbonyl (C=O) groups is 1. The van der Waals surface area contributed by atoms with Gasteiger partial charge >= 0.3 is 0 Å². The van der Waals surface area contributed by atoms with Crippen molar-refractivity contribution in [3.8, 4) is 0 Å². The number of aryl methyl sites for hydroxylation is 1. The average Bonchev–Trinajstić information content (AvgIpc) is 2.88. The second kappa shape index (κ2) is 7.75. The summed E-state index contributed by atoms with van der Waals surface area (Å²) in [6, 6.07) is 7.99. The van der Waals surface area contributed by atoms with Crippen molar-refractivity contribution >= 4 is 50.1 Å². The number of benzene rings is 1. The van der Waals surface area contributed by atoms with Crippen LogP contribution in [-0.2, 0) is 11.2 Å². The average molecular weight is 372 g/mol. The summed E-state index contributed by atoms with van der Waals surface area (Å²) in [7, 11) is 0. The molecule has 7 heteroatoms. The molecule has 0 unspecified atom stereocenters. The minimum absolute atomic E-state index is 0.0247. The maximum Gasteiger partial charge on any atom is 0.227 e. The van der Waals surface area contributed by atoms with Crippen LogP contribution in [0.25, 0.3) is 0 Å². The van der Waals surface area contributed by atoms with Crippen molar-refractivity contribution in [2.45, 2.75) is 24.7 Å². The van der Waals surface area contributed by atoms with Gasteiger partial charge < -0.3 is 5.32 Å². The summed E-state index contributed by atoms with van der Waals surface area (Å²) in [5, 5.41) is 12.2. The summed E-state index contributed by atoms with van der Waals surface area (Å²) in [6.07, 6.45) is 1.29. The third kappa shape index (κ3) is 4.57. The fraction of sp³-hybridized carbons (Fsp3) is 0.308. The molecule has 1 aromatic heterocycles. The molecule has 1 amide bonds. The quantitative estimate of drug-likeness (QED) is 0.780. The molecule has 1 N–H and O–H groups in total. The van der Waals surface area contributed by atoms with Crippen molar-refractivity contribution in [2.24, 2.45) is 0 Å². The molecule has 0 atom stereocenters. The smallest absolute Gasteiger partial charge is 0.227 e. The Morgan fingerprint density at radius 2 is 2.20 bits per heavy atom. The zero-order valence-electron chi connectivity index (χ0n) is 10.9. The van der Waals surface area contributed by atoms with Crippen LogP contribution in [0.5, 0.6) is 0 Å². The Morgan fingerprint density at radius 1 is 1.40 bits per heavy atom. The van der Waals surface area contributed by atoms with E-state index in [1.54, 1.807) is 11.8 Å². The number of amides is 1. The summed E-state index contributed by atoms with van der Waals surface area (Å²) in [5.74, 6) is 0.705. The van der Waals surface area contributed by atoms with Gasteiger partial charge in [-0.25, -0.2) is 0 Å². The van der Waals surface area contributed by atoms with Crippen LogP contribution in [0.1, 0.15) is 18.4 Å². The fourth-order valence-electron chi connectivity index (χ4n) is 1.44. The van der Waals surface area contributed by atoms with E-state index in [2.05, 4.69) is 31.4 Å². The van der Waals surface area contributed by atoms with Crippen LogP contribution in [0, 0.1) is 0 Å². The lowest BCUT2D eigenvalue weighted by molar-refractivity contribution is -0.115. The fourth-order valence-corrected chi connectivity index (χ4v) is 3.66. The van der Waals surface area contributed by atoms with Gasteiger partial charge in [-0.1, -0.05) is 30.4 Å². The number of hydrogen-bond acceptors (Lipinski definition) is 5. The molecule has 0 aliphatic carbocycles. The lowest BCUT2D eigenvalue weighted by Gasteiger charge is -2.03. The molecule has 0 radical (unpaired) electrons. The zero-order valence-corrected chi connectivity index (χ0v) is 14.1. The van der Waals surface area contributed by atoms with E-state index in [0.29, 0.717) is 11.6 Å². The molecule has 2 aromatic rings. The standard InChI is InChI=1S/C13H14BrN3OS2/c1-2-12-16-17-13(20-12)15-11(18)7-8-19-10-6-4-3-5-9(10)14/h3-6H,2,7-8H2,1H3,(H,15,17,18). The molecule has 1 aromatic carbocycles. The SMILES string of the molecule is CCc1nnc(NC(=O)CCSc2ccccc2Br)s1. The topological polar surface area (TPSA) is 54.9 Å². The van der Waals surface area contributed by atoms with Gasteiger partial charge in [0.05, 0.1) is 0 Å². The van der Waals surface area contributed by atoms with E-state index >= 15 is 0 Å². The van der Waals surface area contributed by atoms with Gasteiger partial charge in [0, 0.05) is 21.5 Å². The first-order chi connectivity index (χ1) is 9.69. The highest BCUT2D eigenvalue weighted by atomic mass is 79.9. The summed E-state index contributed by atoms with van der Waals surface area (Å²) in [4.78, 5) is 12.9. The van der Waals surface area contributed by atoms with Crippen LogP contribution in [-0.4, -0.2) is 21.9 Å². The first-order valence-electron chi connectivity index (χ1n) is 6.18. The third-order valence-corrected chi connectivity index (χ3v) is 5.45. The minimum Gasteiger partial charge on any atom is -0.301 e. The Bertz CT molecular complexity index is 589. The van der Waals surface area contributed by atoms with E-state index in [9.17, 15) is 4.79 Å². The summed E-state index contributed by atoms with van der Waals surface area (Å²) in [5.41, 5.74) is 0. The lowest BCUT2D eigenvalue weighted by atomic mass is 10.4. The highest BCUT2D eigenvalue weighted by molar-refractivity contribution is 9.10. The van der Waals surface area contributed by atoms with Crippen LogP contribution >= 0.6 is 39.0 Å². The Kier molecular flexibility index (Phi) is 6.00. The van der Waals surface area contributed by atoms with Gasteiger partial charge in [-0.3, -0.25) is 4.79 Å². The number of nitrogens with one attached hydrogen (secondary N) is 1. The first kappa shape index (κ1) is 15.5. The third-order valence-electron chi connectivity index (χ3n) is 2.44. The van der Waals surface area contributed by atoms with Crippen LogP contribution in [0.4, 0.5) is 5.13 Å². The normalized spacial score (nSPS) is 10.5. The van der Waals surface area contributed by atoms with Crippen LogP contribution < -0.4 is 5.32 Å². The summed E-state index contributed by atoms with van der Waals surface area (Å²) < 4.78 is 1.06. The van der Waals surface area contributed by atoms with Crippen molar-refractivity contribution in [1.82, 2.24) is 10.2 Å². The van der Waals surface area contributed by atoms with Crippen LogP contribution in [0.2, 0.25) is 0 Å². The first-order valence-corrected chi connectivity index (χ1v) is 8.78. The second-order valence-corrected chi connectivity index (χ2v) is 6.98. The lowest BCUT2D eigenvalue weighted by Crippen LogP contribution is -2.11. The maximum absolute atomic E-state index is 11.8. The van der Waals surface area contributed by atoms with Crippen molar-refractivity contribution in [3.63, 3.8) is 0 Å². The van der Waals surface area contributed by atoms with Gasteiger partial charge in [0.1, 0.15) is 5.01 Å². The molecule has 0 aliphatic rings. The largest absolute Gasteiger partial charge is 0.301 e. The summed E-state index contributed by atoms with van der Waals surface area (Å²) >= 11 is 6.57. The van der Waals surface area contributed by atoms with Crippen molar-refractivity contribution in [2.75, 3.05) is 11.1 Å². The van der Waals surface area contributed by atoms with Gasteiger partial charge in [-0.15, -0.1) is 22.0 Å². The number of halogens is 1. The van der Waals surface area contributed by atoms with Gasteiger partial charge in [0.15, 0.2) is 0 Å². The molecule has 0 bridgehead atoms. The number of aromatic nitrogens is 2. The molecule has 0 saturated carbocycles. The van der Waals surface area contributed by atoms with Gasteiger partial charge in [-0.05, 0) is 34.5 Å². The molecule has 4 nitrogen and oxygen atoms in total. The number of rotatable bonds is 6. The predicted octanol–water partition coefficient (Wildman–Crippen LogP) is 3.98. The number of carbonyl (C=O) groups excluding carboxylic acids is 1. The Labute approximate surface area is 134 Å². The molecule has 0 fully saturated rings. The minimum atomic E-state index is -0.0247. The monoisotopic (exact) mass is 371 g/mol. The van der Waals surface area contributed by atoms with E-state index in [-0.39, 0.29) is 5.91 Å². The molecule has 20 heavy (non-hydrogen) atoms. The Balaban J connectivity index is 1.77. The molecular weight excluding hydrogens is 358 g/mol. The Hall–Kier alpha value is -0.920. The van der Waals surface area contributed by atoms with E-state index < -0.39 is 0 Å². The molecule has 1 heterocycles. The van der Waals surface area contributed by atoms with Crippen molar-refractivity contribution < 1.29 is 4.79 Å². The van der Waals surface area contributed by atoms with E-state index in [1.807, 2.05) is 31.2 Å². The second-order valence-electron chi connectivity index (χ2n) is 3.93. The van der Waals surface area contributed by atoms with Crippen LogP contribution in [0.15, 0.2) is 33.6 Å². The van der Waals surface area contributed by atoms with E-state index in [0.717, 1.165) is 26.5 Å². The zero-order chi connectivity index (χ0) is 14.4. The molecule has 106 valence electrons. The number of nitrogens with zero attached hydrogens (tertiary/aromatic N) is 2. The van der Waals surface area contributed by atoms with E-state index in [4.69, 9.17) is 0 Å². The van der Waals surface area contributed by atoms with Crippen molar-refractivity contribution in [3.05, 3.63) is 33.7 Å². The van der Waals surface area contributed by atoms with Gasteiger partial charge in [0.25, 0.3) is 0 Å². The Morgan fingerprint density at radius 3 is 2.90 bits per heavy atom. The number of hydrogen-bond donors (Lipinski definition) is 1. The summed E-state index contributed by atoms with van der Waals surface area (Å²) in [6.45, 7) is 2.01. The molecule has 0 aliphatic heterocycles. The van der Waals surface area contributed by atoms with Crippen molar-refractivity contribution in [1.29, 1.82) is 0 Å². The molecule has 0 spiro atoms.